The van der Waals surface area contributed by atoms with Gasteiger partial charge in [0.15, 0.2) is 0 Å². The van der Waals surface area contributed by atoms with Gasteiger partial charge in [-0.3, -0.25) is 0 Å². The number of para-hydroxylation sites is 1. The summed E-state index contributed by atoms with van der Waals surface area (Å²) in [5, 5.41) is 7.37. The standard InChI is InChI=1S/C38H25BrO2/c39-23-17-19-34-31(21-23)38-29(13-7-15-35(38)41-34)37-27-11-3-1-9-25(27)36(26-10-2-4-12-28(26)37)22-16-18-33-30(20-22)24-8-5-6-14-32(24)40-33/h1,3-6,8-9,11-12,14-21H,2,7,10,13H2. The molecule has 2 aromatic heterocycles. The Kier molecular flexibility index (Phi) is 5.03. The molecule has 3 heteroatoms. The molecular weight excluding hydrogens is 568 g/mol. The van der Waals surface area contributed by atoms with Crippen LogP contribution in [-0.4, -0.2) is 0 Å². The monoisotopic (exact) mass is 592 g/mol. The summed E-state index contributed by atoms with van der Waals surface area (Å²) in [4.78, 5) is 0. The molecule has 7 aromatic rings. The first-order chi connectivity index (χ1) is 20.2. The molecule has 0 N–H and O–H groups in total. The Balaban J connectivity index is 1.42. The molecule has 2 heterocycles. The van der Waals surface area contributed by atoms with Crippen LogP contribution in [-0.2, 0) is 6.42 Å². The maximum Gasteiger partial charge on any atom is 0.135 e. The van der Waals surface area contributed by atoms with Gasteiger partial charge in [0.2, 0.25) is 0 Å². The Morgan fingerprint density at radius 1 is 0.610 bits per heavy atom. The Hall–Kier alpha value is -4.34. The van der Waals surface area contributed by atoms with Gasteiger partial charge in [-0.15, -0.1) is 0 Å². The van der Waals surface area contributed by atoms with Crippen molar-refractivity contribution in [2.45, 2.75) is 25.7 Å². The number of furan rings is 2. The van der Waals surface area contributed by atoms with Crippen LogP contribution in [0, 0.1) is 0 Å². The van der Waals surface area contributed by atoms with E-state index in [1.165, 1.54) is 65.5 Å². The van der Waals surface area contributed by atoms with Crippen molar-refractivity contribution >= 4 is 77.3 Å². The van der Waals surface area contributed by atoms with Gasteiger partial charge in [-0.05, 0) is 112 Å². The van der Waals surface area contributed by atoms with E-state index in [2.05, 4.69) is 113 Å². The van der Waals surface area contributed by atoms with Crippen molar-refractivity contribution < 1.29 is 8.83 Å². The third-order valence-corrected chi connectivity index (χ3v) is 9.37. The lowest BCUT2D eigenvalue weighted by molar-refractivity contribution is 0.571. The maximum absolute atomic E-state index is 6.39. The van der Waals surface area contributed by atoms with Crippen molar-refractivity contribution in [1.29, 1.82) is 0 Å². The maximum atomic E-state index is 6.39. The van der Waals surface area contributed by atoms with Crippen LogP contribution in [0.2, 0.25) is 0 Å². The first-order valence-corrected chi connectivity index (χ1v) is 15.1. The first-order valence-electron chi connectivity index (χ1n) is 14.3. The van der Waals surface area contributed by atoms with E-state index in [1.807, 2.05) is 6.07 Å². The fourth-order valence-corrected chi connectivity index (χ4v) is 7.55. The fourth-order valence-electron chi connectivity index (χ4n) is 7.19. The van der Waals surface area contributed by atoms with Gasteiger partial charge < -0.3 is 8.83 Å². The summed E-state index contributed by atoms with van der Waals surface area (Å²) in [5.41, 5.74) is 12.0. The van der Waals surface area contributed by atoms with Crippen LogP contribution in [0.5, 0.6) is 0 Å². The highest BCUT2D eigenvalue weighted by molar-refractivity contribution is 9.10. The number of benzene rings is 5. The van der Waals surface area contributed by atoms with Crippen LogP contribution in [0.15, 0.2) is 104 Å². The van der Waals surface area contributed by atoms with Crippen molar-refractivity contribution in [3.8, 4) is 11.1 Å². The molecule has 0 fully saturated rings. The second kappa shape index (κ2) is 8.83. The first kappa shape index (κ1) is 23.4. The van der Waals surface area contributed by atoms with Crippen molar-refractivity contribution in [1.82, 2.24) is 0 Å². The molecule has 0 saturated heterocycles. The van der Waals surface area contributed by atoms with E-state index < -0.39 is 0 Å². The van der Waals surface area contributed by atoms with E-state index in [0.29, 0.717) is 0 Å². The predicted octanol–water partition coefficient (Wildman–Crippen LogP) is 9.65. The highest BCUT2D eigenvalue weighted by Gasteiger charge is 2.25. The molecule has 0 unspecified atom stereocenters. The highest BCUT2D eigenvalue weighted by atomic mass is 79.9. The Morgan fingerprint density at radius 3 is 2.27 bits per heavy atom. The van der Waals surface area contributed by atoms with E-state index in [9.17, 15) is 0 Å². The minimum absolute atomic E-state index is 0.934. The van der Waals surface area contributed by atoms with Crippen LogP contribution in [0.1, 0.15) is 36.0 Å². The summed E-state index contributed by atoms with van der Waals surface area (Å²) in [5.74, 6) is 0. The molecule has 0 aliphatic heterocycles. The second-order valence-corrected chi connectivity index (χ2v) is 12.1. The number of hydrogen-bond donors (Lipinski definition) is 0. The topological polar surface area (TPSA) is 26.3 Å². The average molecular weight is 594 g/mol. The van der Waals surface area contributed by atoms with E-state index >= 15 is 0 Å². The van der Waals surface area contributed by atoms with Crippen LogP contribution in [0.25, 0.3) is 72.5 Å². The average Bonchev–Trinajstić information content (AvgIpc) is 3.57. The molecule has 196 valence electrons. The van der Waals surface area contributed by atoms with Crippen LogP contribution >= 0.6 is 15.9 Å². The summed E-state index contributed by atoms with van der Waals surface area (Å²) in [6.07, 6.45) is 11.0. The van der Waals surface area contributed by atoms with Gasteiger partial charge in [0.1, 0.15) is 22.2 Å². The summed E-state index contributed by atoms with van der Waals surface area (Å²) >= 11 is 3.71. The van der Waals surface area contributed by atoms with Crippen LogP contribution < -0.4 is 10.6 Å². The second-order valence-electron chi connectivity index (χ2n) is 11.1. The Labute approximate surface area is 245 Å². The number of rotatable bonds is 2. The summed E-state index contributed by atoms with van der Waals surface area (Å²) in [6.45, 7) is 0. The minimum atomic E-state index is 0.934. The molecule has 0 bridgehead atoms. The summed E-state index contributed by atoms with van der Waals surface area (Å²) in [7, 11) is 0. The molecule has 2 aliphatic rings. The molecule has 0 atom stereocenters. The zero-order chi connectivity index (χ0) is 27.1. The number of halogens is 1. The quantitative estimate of drug-likeness (QED) is 0.200. The van der Waals surface area contributed by atoms with Gasteiger partial charge >= 0.3 is 0 Å². The normalized spacial score (nSPS) is 14.6. The summed E-state index contributed by atoms with van der Waals surface area (Å²) < 4.78 is 13.6. The van der Waals surface area contributed by atoms with Crippen molar-refractivity contribution in [3.05, 3.63) is 123 Å². The van der Waals surface area contributed by atoms with Gasteiger partial charge in [0.05, 0.1) is 0 Å². The third kappa shape index (κ3) is 3.42. The fraction of sp³-hybridized carbons (Fsp3) is 0.105. The number of allylic oxidation sites excluding steroid dienone is 1. The van der Waals surface area contributed by atoms with Gasteiger partial charge in [-0.2, -0.15) is 0 Å². The van der Waals surface area contributed by atoms with E-state index in [-0.39, 0.29) is 0 Å². The van der Waals surface area contributed by atoms with Crippen LogP contribution in [0.3, 0.4) is 0 Å². The van der Waals surface area contributed by atoms with Crippen molar-refractivity contribution in [2.75, 3.05) is 0 Å². The molecule has 0 radical (unpaired) electrons. The van der Waals surface area contributed by atoms with Crippen LogP contribution in [0.4, 0.5) is 0 Å². The Morgan fingerprint density at radius 2 is 1.37 bits per heavy atom. The zero-order valence-corrected chi connectivity index (χ0v) is 23.9. The lowest BCUT2D eigenvalue weighted by Crippen LogP contribution is -2.27. The summed E-state index contributed by atoms with van der Waals surface area (Å²) in [6, 6.07) is 30.4. The molecule has 0 spiro atoms. The molecule has 5 aromatic carbocycles. The molecule has 41 heavy (non-hydrogen) atoms. The van der Waals surface area contributed by atoms with Gasteiger partial charge in [-0.25, -0.2) is 0 Å². The van der Waals surface area contributed by atoms with Crippen molar-refractivity contribution in [2.24, 2.45) is 0 Å². The van der Waals surface area contributed by atoms with Gasteiger partial charge in [0, 0.05) is 25.9 Å². The largest absolute Gasteiger partial charge is 0.456 e. The smallest absolute Gasteiger partial charge is 0.135 e. The molecule has 0 amide bonds. The Bertz CT molecular complexity index is 2380. The number of fused-ring (bicyclic) bond motifs is 8. The lowest BCUT2D eigenvalue weighted by Gasteiger charge is -2.25. The third-order valence-electron chi connectivity index (χ3n) is 8.88. The van der Waals surface area contributed by atoms with E-state index in [1.54, 1.807) is 0 Å². The highest BCUT2D eigenvalue weighted by Crippen LogP contribution is 2.44. The molecular formula is C38H25BrO2. The minimum Gasteiger partial charge on any atom is -0.456 e. The van der Waals surface area contributed by atoms with E-state index in [4.69, 9.17) is 8.83 Å². The van der Waals surface area contributed by atoms with E-state index in [0.717, 1.165) is 52.3 Å². The van der Waals surface area contributed by atoms with Crippen molar-refractivity contribution in [3.63, 3.8) is 0 Å². The SMILES string of the molecule is Brc1ccc2oc3c(c2c1)=C(c1c2c(c(-c4ccc5oc6ccccc6c5c4)c4ccccc14)CCC=C2)CCC=3. The van der Waals surface area contributed by atoms with Gasteiger partial charge in [0.25, 0.3) is 0 Å². The molecule has 0 saturated carbocycles. The molecule has 2 aliphatic carbocycles. The van der Waals surface area contributed by atoms with Gasteiger partial charge in [-0.1, -0.05) is 76.6 Å². The molecule has 2 nitrogen and oxygen atoms in total. The lowest BCUT2D eigenvalue weighted by atomic mass is 9.78. The zero-order valence-electron chi connectivity index (χ0n) is 22.3. The molecule has 9 rings (SSSR count). The number of hydrogen-bond acceptors (Lipinski definition) is 2. The predicted molar refractivity (Wildman–Crippen MR) is 173 cm³/mol.